The van der Waals surface area contributed by atoms with Gasteiger partial charge in [0.15, 0.2) is 0 Å². The fourth-order valence-electron chi connectivity index (χ4n) is 8.46. The highest BCUT2D eigenvalue weighted by Crippen LogP contribution is 2.48. The first-order valence-corrected chi connectivity index (χ1v) is 18.6. The van der Waals surface area contributed by atoms with Crippen LogP contribution in [-0.4, -0.2) is 0 Å². The third-order valence-corrected chi connectivity index (χ3v) is 11.9. The molecule has 0 amide bonds. The van der Waals surface area contributed by atoms with Gasteiger partial charge in [-0.15, -0.1) is 11.3 Å². The Morgan fingerprint density at radius 3 is 1.56 bits per heavy atom. The Morgan fingerprint density at radius 1 is 0.308 bits per heavy atom. The Labute approximate surface area is 304 Å². The van der Waals surface area contributed by atoms with Crippen molar-refractivity contribution in [2.45, 2.75) is 0 Å². The monoisotopic (exact) mass is 678 g/mol. The number of rotatable bonds is 4. The lowest BCUT2D eigenvalue weighted by molar-refractivity contribution is 0.669. The first-order valence-electron chi connectivity index (χ1n) is 17.8. The van der Waals surface area contributed by atoms with Crippen molar-refractivity contribution in [3.8, 4) is 44.5 Å². The third kappa shape index (κ3) is 4.35. The minimum Gasteiger partial charge on any atom is -0.456 e. The van der Waals surface area contributed by atoms with Gasteiger partial charge in [-0.25, -0.2) is 0 Å². The van der Waals surface area contributed by atoms with E-state index in [1.54, 1.807) is 0 Å². The van der Waals surface area contributed by atoms with E-state index >= 15 is 0 Å². The maximum Gasteiger partial charge on any atom is 0.136 e. The molecule has 0 unspecified atom stereocenters. The zero-order valence-electron chi connectivity index (χ0n) is 28.1. The van der Waals surface area contributed by atoms with E-state index in [-0.39, 0.29) is 0 Å². The average Bonchev–Trinajstić information content (AvgIpc) is 3.79. The van der Waals surface area contributed by atoms with Gasteiger partial charge >= 0.3 is 0 Å². The molecule has 11 aromatic rings. The van der Waals surface area contributed by atoms with Crippen LogP contribution in [0.25, 0.3) is 108 Å². The van der Waals surface area contributed by atoms with Crippen LogP contribution >= 0.6 is 11.3 Å². The van der Waals surface area contributed by atoms with Crippen molar-refractivity contribution in [3.63, 3.8) is 0 Å². The summed E-state index contributed by atoms with van der Waals surface area (Å²) < 4.78 is 8.93. The normalized spacial score (nSPS) is 11.8. The summed E-state index contributed by atoms with van der Waals surface area (Å²) in [6, 6.07) is 66.1. The zero-order valence-corrected chi connectivity index (χ0v) is 29.0. The highest BCUT2D eigenvalue weighted by atomic mass is 32.1. The summed E-state index contributed by atoms with van der Waals surface area (Å²) in [5, 5.41) is 10.0. The predicted molar refractivity (Wildman–Crippen MR) is 223 cm³/mol. The number of para-hydroxylation sites is 1. The lowest BCUT2D eigenvalue weighted by atomic mass is 9.85. The maximum absolute atomic E-state index is 6.27. The Balaban J connectivity index is 1.10. The second-order valence-corrected chi connectivity index (χ2v) is 14.6. The van der Waals surface area contributed by atoms with Crippen LogP contribution in [0.1, 0.15) is 0 Å². The van der Waals surface area contributed by atoms with E-state index in [4.69, 9.17) is 4.42 Å². The number of benzene rings is 9. The number of thiophene rings is 1. The SMILES string of the molecule is c1ccc(-c2cccc3oc4ccccc4c23)c(-c2ccc(-c3c4ccccc4c(-c4cccc5c4sc4ccccc45)c4ccccc34)cc2)c1. The molecule has 0 bridgehead atoms. The smallest absolute Gasteiger partial charge is 0.136 e. The zero-order chi connectivity index (χ0) is 34.2. The summed E-state index contributed by atoms with van der Waals surface area (Å²) in [6.07, 6.45) is 0. The van der Waals surface area contributed by atoms with Crippen molar-refractivity contribution < 1.29 is 4.42 Å². The van der Waals surface area contributed by atoms with Gasteiger partial charge in [0.2, 0.25) is 0 Å². The van der Waals surface area contributed by atoms with Crippen molar-refractivity contribution in [1.29, 1.82) is 0 Å². The van der Waals surface area contributed by atoms with Crippen LogP contribution in [-0.2, 0) is 0 Å². The molecule has 0 saturated heterocycles. The molecule has 0 radical (unpaired) electrons. The van der Waals surface area contributed by atoms with Gasteiger partial charge in [0.25, 0.3) is 0 Å². The molecule has 2 heteroatoms. The van der Waals surface area contributed by atoms with Gasteiger partial charge in [0.05, 0.1) is 0 Å². The fraction of sp³-hybridized carbons (Fsp3) is 0. The van der Waals surface area contributed by atoms with Crippen LogP contribution in [0.2, 0.25) is 0 Å². The van der Waals surface area contributed by atoms with Gasteiger partial charge in [0, 0.05) is 36.5 Å². The van der Waals surface area contributed by atoms with E-state index in [0.29, 0.717) is 0 Å². The fourth-order valence-corrected chi connectivity index (χ4v) is 9.68. The number of fused-ring (bicyclic) bond motifs is 8. The topological polar surface area (TPSA) is 13.1 Å². The van der Waals surface area contributed by atoms with Crippen LogP contribution in [0.4, 0.5) is 0 Å². The first kappa shape index (κ1) is 29.3. The van der Waals surface area contributed by atoms with E-state index in [1.165, 1.54) is 86.2 Å². The predicted octanol–water partition coefficient (Wildman–Crippen LogP) is 14.9. The lowest BCUT2D eigenvalue weighted by Gasteiger charge is -2.18. The number of hydrogen-bond acceptors (Lipinski definition) is 2. The summed E-state index contributed by atoms with van der Waals surface area (Å²) >= 11 is 1.90. The van der Waals surface area contributed by atoms with Gasteiger partial charge < -0.3 is 4.42 Å². The molecule has 0 fully saturated rings. The minimum absolute atomic E-state index is 0.912. The molecule has 2 heterocycles. The van der Waals surface area contributed by atoms with Gasteiger partial charge in [-0.3, -0.25) is 0 Å². The molecule has 0 aliphatic heterocycles. The number of hydrogen-bond donors (Lipinski definition) is 0. The summed E-state index contributed by atoms with van der Waals surface area (Å²) in [6.45, 7) is 0. The van der Waals surface area contributed by atoms with E-state index in [9.17, 15) is 0 Å². The first-order chi connectivity index (χ1) is 25.8. The number of furan rings is 1. The van der Waals surface area contributed by atoms with E-state index in [1.807, 2.05) is 23.5 Å². The highest BCUT2D eigenvalue weighted by Gasteiger charge is 2.20. The molecule has 0 spiro atoms. The molecule has 0 saturated carbocycles. The quantitative estimate of drug-likeness (QED) is 0.169. The van der Waals surface area contributed by atoms with Crippen LogP contribution < -0.4 is 0 Å². The highest BCUT2D eigenvalue weighted by molar-refractivity contribution is 7.26. The molecular weight excluding hydrogens is 649 g/mol. The molecule has 242 valence electrons. The van der Waals surface area contributed by atoms with Crippen LogP contribution in [0, 0.1) is 0 Å². The molecular formula is C50H30OS. The largest absolute Gasteiger partial charge is 0.456 e. The standard InChI is InChI=1S/C50H30OS/c1-2-14-34(36-21-12-25-45-49(36)42-20-7-9-24-44(42)51-45)33(13-1)31-27-29-32(30-28-31)47-37-16-3-5-18-39(37)48(40-19-6-4-17-38(40)47)43-23-11-22-41-35-15-8-10-26-46(35)52-50(41)43/h1-30H. The molecule has 9 aromatic carbocycles. The van der Waals surface area contributed by atoms with Gasteiger partial charge in [-0.2, -0.15) is 0 Å². The molecule has 52 heavy (non-hydrogen) atoms. The Hall–Kier alpha value is -6.48. The summed E-state index contributed by atoms with van der Waals surface area (Å²) in [5.74, 6) is 0. The van der Waals surface area contributed by atoms with Crippen molar-refractivity contribution in [3.05, 3.63) is 182 Å². The van der Waals surface area contributed by atoms with Crippen LogP contribution in [0.5, 0.6) is 0 Å². The van der Waals surface area contributed by atoms with E-state index < -0.39 is 0 Å². The molecule has 1 nitrogen and oxygen atoms in total. The second-order valence-electron chi connectivity index (χ2n) is 13.5. The Bertz CT molecular complexity index is 3120. The Kier molecular flexibility index (Phi) is 6.49. The van der Waals surface area contributed by atoms with E-state index in [0.717, 1.165) is 21.9 Å². The van der Waals surface area contributed by atoms with E-state index in [2.05, 4.69) is 170 Å². The van der Waals surface area contributed by atoms with Crippen LogP contribution in [0.15, 0.2) is 186 Å². The van der Waals surface area contributed by atoms with Crippen molar-refractivity contribution >= 4 is 75.0 Å². The van der Waals surface area contributed by atoms with Crippen LogP contribution in [0.3, 0.4) is 0 Å². The molecule has 0 N–H and O–H groups in total. The van der Waals surface area contributed by atoms with Gasteiger partial charge in [0.1, 0.15) is 11.2 Å². The third-order valence-electron chi connectivity index (χ3n) is 10.7. The maximum atomic E-state index is 6.27. The van der Waals surface area contributed by atoms with Gasteiger partial charge in [-0.1, -0.05) is 164 Å². The average molecular weight is 679 g/mol. The van der Waals surface area contributed by atoms with Crippen molar-refractivity contribution in [1.82, 2.24) is 0 Å². The van der Waals surface area contributed by atoms with Crippen molar-refractivity contribution in [2.75, 3.05) is 0 Å². The summed E-state index contributed by atoms with van der Waals surface area (Å²) in [4.78, 5) is 0. The minimum atomic E-state index is 0.912. The summed E-state index contributed by atoms with van der Waals surface area (Å²) in [7, 11) is 0. The van der Waals surface area contributed by atoms with Crippen molar-refractivity contribution in [2.24, 2.45) is 0 Å². The molecule has 0 atom stereocenters. The lowest BCUT2D eigenvalue weighted by Crippen LogP contribution is -1.91. The Morgan fingerprint density at radius 2 is 0.808 bits per heavy atom. The summed E-state index contributed by atoms with van der Waals surface area (Å²) in [5.41, 5.74) is 11.7. The van der Waals surface area contributed by atoms with Gasteiger partial charge in [-0.05, 0) is 78.7 Å². The molecule has 0 aliphatic rings. The molecule has 11 rings (SSSR count). The molecule has 0 aliphatic carbocycles. The molecule has 2 aromatic heterocycles. The second kappa shape index (κ2) is 11.5.